The Morgan fingerprint density at radius 1 is 1.24 bits per heavy atom. The van der Waals surface area contributed by atoms with Crippen molar-refractivity contribution in [2.75, 3.05) is 13.2 Å². The average molecular weight is 529 g/mol. The number of hydrogen-bond donors (Lipinski definition) is 2. The van der Waals surface area contributed by atoms with E-state index in [2.05, 4.69) is 13.8 Å². The zero-order chi connectivity index (χ0) is 27.2. The van der Waals surface area contributed by atoms with Gasteiger partial charge in [-0.15, -0.1) is 0 Å². The summed E-state index contributed by atoms with van der Waals surface area (Å²) in [6.45, 7) is 7.49. The van der Waals surface area contributed by atoms with Crippen LogP contribution in [0.1, 0.15) is 66.2 Å². The van der Waals surface area contributed by atoms with Gasteiger partial charge in [-0.1, -0.05) is 19.4 Å². The molecule has 4 aliphatic carbocycles. The molecule has 2 aliphatic heterocycles. The molecule has 1 saturated heterocycles. The highest BCUT2D eigenvalue weighted by Crippen LogP contribution is 2.73. The topological polar surface area (TPSA) is 123 Å². The third-order valence-electron chi connectivity index (χ3n) is 11.8. The van der Waals surface area contributed by atoms with E-state index in [4.69, 9.17) is 14.2 Å². The molecule has 2 heterocycles. The first-order chi connectivity index (χ1) is 18.0. The predicted molar refractivity (Wildman–Crippen MR) is 135 cm³/mol. The second-order valence-electron chi connectivity index (χ2n) is 13.1. The Labute approximate surface area is 223 Å². The zero-order valence-corrected chi connectivity index (χ0v) is 22.8. The van der Waals surface area contributed by atoms with Crippen LogP contribution in [-0.2, 0) is 28.6 Å². The molecule has 3 saturated carbocycles. The Hall–Kier alpha value is -2.03. The van der Waals surface area contributed by atoms with E-state index in [9.17, 15) is 24.6 Å². The Balaban J connectivity index is 1.30. The maximum absolute atomic E-state index is 13.7. The fourth-order valence-corrected chi connectivity index (χ4v) is 9.96. The van der Waals surface area contributed by atoms with E-state index in [-0.39, 0.29) is 54.4 Å². The molecule has 0 aromatic rings. The Morgan fingerprint density at radius 3 is 2.68 bits per heavy atom. The summed E-state index contributed by atoms with van der Waals surface area (Å²) in [5, 5.41) is 20.6. The molecule has 0 bridgehead atoms. The van der Waals surface area contributed by atoms with Crippen molar-refractivity contribution in [1.29, 1.82) is 0 Å². The van der Waals surface area contributed by atoms with Crippen LogP contribution < -0.4 is 0 Å². The van der Waals surface area contributed by atoms with Crippen LogP contribution in [0.5, 0.6) is 0 Å². The number of fused-ring (bicyclic) bond motifs is 4. The Morgan fingerprint density at radius 2 is 2.00 bits per heavy atom. The van der Waals surface area contributed by atoms with E-state index in [0.29, 0.717) is 23.8 Å². The van der Waals surface area contributed by atoms with Crippen molar-refractivity contribution in [2.24, 2.45) is 40.4 Å². The number of aliphatic hydroxyl groups is 2. The molecular weight excluding hydrogens is 488 g/mol. The maximum atomic E-state index is 13.7. The summed E-state index contributed by atoms with van der Waals surface area (Å²) >= 11 is 0. The van der Waals surface area contributed by atoms with Gasteiger partial charge in [0.25, 0.3) is 0 Å². The van der Waals surface area contributed by atoms with E-state index in [1.165, 1.54) is 13.0 Å². The molecule has 1 spiro atoms. The molecule has 8 nitrogen and oxygen atoms in total. The van der Waals surface area contributed by atoms with Gasteiger partial charge in [0.15, 0.2) is 5.78 Å². The van der Waals surface area contributed by atoms with Crippen molar-refractivity contribution in [3.8, 4) is 0 Å². The van der Waals surface area contributed by atoms with E-state index >= 15 is 0 Å². The monoisotopic (exact) mass is 528 g/mol. The lowest BCUT2D eigenvalue weighted by atomic mass is 9.44. The minimum absolute atomic E-state index is 0.0194. The second-order valence-corrected chi connectivity index (χ2v) is 13.1. The van der Waals surface area contributed by atoms with E-state index < -0.39 is 29.1 Å². The maximum Gasteiger partial charge on any atom is 0.336 e. The summed E-state index contributed by atoms with van der Waals surface area (Å²) in [7, 11) is 0. The van der Waals surface area contributed by atoms with Crippen molar-refractivity contribution < 1.29 is 38.8 Å². The number of carbonyl (C=O) groups is 3. The molecule has 11 atom stereocenters. The molecule has 0 radical (unpaired) electrons. The number of ketones is 1. The van der Waals surface area contributed by atoms with Gasteiger partial charge in [-0.25, -0.2) is 4.79 Å². The first-order valence-electron chi connectivity index (χ1n) is 14.2. The number of hydrogen-bond acceptors (Lipinski definition) is 8. The van der Waals surface area contributed by atoms with E-state index in [1.807, 2.05) is 6.92 Å². The highest BCUT2D eigenvalue weighted by molar-refractivity contribution is 5.99. The highest BCUT2D eigenvalue weighted by atomic mass is 16.6. The van der Waals surface area contributed by atoms with Crippen LogP contribution in [0.15, 0.2) is 23.3 Å². The fraction of sp³-hybridized carbons (Fsp3) is 0.767. The van der Waals surface area contributed by atoms with Crippen molar-refractivity contribution in [3.05, 3.63) is 23.3 Å². The van der Waals surface area contributed by atoms with Crippen LogP contribution in [0.2, 0.25) is 0 Å². The highest BCUT2D eigenvalue weighted by Gasteiger charge is 2.82. The van der Waals surface area contributed by atoms with Crippen LogP contribution >= 0.6 is 0 Å². The summed E-state index contributed by atoms with van der Waals surface area (Å²) in [6, 6.07) is 0. The van der Waals surface area contributed by atoms with Crippen LogP contribution in [0.4, 0.5) is 0 Å². The predicted octanol–water partition coefficient (Wildman–Crippen LogP) is 2.90. The van der Waals surface area contributed by atoms with Gasteiger partial charge in [0.05, 0.1) is 18.3 Å². The second kappa shape index (κ2) is 8.73. The molecule has 0 aromatic carbocycles. The molecule has 0 unspecified atom stereocenters. The Bertz CT molecular complexity index is 1130. The van der Waals surface area contributed by atoms with Gasteiger partial charge in [-0.2, -0.15) is 0 Å². The van der Waals surface area contributed by atoms with Crippen molar-refractivity contribution in [1.82, 2.24) is 0 Å². The molecular formula is C30H40O8. The van der Waals surface area contributed by atoms with Gasteiger partial charge in [0, 0.05) is 13.3 Å². The molecule has 6 rings (SSSR count). The van der Waals surface area contributed by atoms with Gasteiger partial charge in [-0.3, -0.25) is 9.59 Å². The standard InChI is InChI=1S/C30H40O8/c1-15-11-23(37-27(35)19(15)13-31)16(2)20-5-6-21-18-12-26-30(38-26)25(34)8-7-24(33)29(30,14-36-17(3)32)22(18)9-10-28(20,21)4/h7-8,16,18,20-23,25-26,31,34H,5-6,9-14H2,1-4H3/t16-,18-,20+,21-,22-,23+,25-,26+,28+,29-,30+/m0/s1. The van der Waals surface area contributed by atoms with Crippen LogP contribution in [0.25, 0.3) is 0 Å². The number of carbonyl (C=O) groups excluding carboxylic acids is 3. The van der Waals surface area contributed by atoms with Crippen LogP contribution in [0.3, 0.4) is 0 Å². The number of allylic oxidation sites excluding steroid dienone is 1. The van der Waals surface area contributed by atoms with Gasteiger partial charge >= 0.3 is 11.9 Å². The fourth-order valence-electron chi connectivity index (χ4n) is 9.96. The van der Waals surface area contributed by atoms with Crippen LogP contribution in [0, 0.1) is 40.4 Å². The lowest BCUT2D eigenvalue weighted by Crippen LogP contribution is -2.66. The third-order valence-corrected chi connectivity index (χ3v) is 11.8. The summed E-state index contributed by atoms with van der Waals surface area (Å²) in [6.07, 6.45) is 6.89. The van der Waals surface area contributed by atoms with E-state index in [1.54, 1.807) is 6.08 Å². The number of rotatable bonds is 5. The summed E-state index contributed by atoms with van der Waals surface area (Å²) < 4.78 is 17.7. The van der Waals surface area contributed by atoms with Gasteiger partial charge in [0.1, 0.15) is 29.8 Å². The molecule has 8 heteroatoms. The zero-order valence-electron chi connectivity index (χ0n) is 22.8. The normalized spacial score (nSPS) is 47.9. The quantitative estimate of drug-likeness (QED) is 0.413. The Kier molecular flexibility index (Phi) is 6.02. The molecule has 2 N–H and O–H groups in total. The summed E-state index contributed by atoms with van der Waals surface area (Å²) in [5.74, 6) is 0.146. The van der Waals surface area contributed by atoms with Crippen LogP contribution in [-0.4, -0.2) is 65.1 Å². The molecule has 208 valence electrons. The number of aliphatic hydroxyl groups excluding tert-OH is 2. The van der Waals surface area contributed by atoms with Gasteiger partial charge in [0.2, 0.25) is 0 Å². The first kappa shape index (κ1) is 26.2. The first-order valence-corrected chi connectivity index (χ1v) is 14.2. The van der Waals surface area contributed by atoms with Gasteiger partial charge in [-0.05, 0) is 86.2 Å². The number of ether oxygens (including phenoxy) is 3. The summed E-state index contributed by atoms with van der Waals surface area (Å²) in [5.41, 5.74) is -0.753. The smallest absolute Gasteiger partial charge is 0.336 e. The summed E-state index contributed by atoms with van der Waals surface area (Å²) in [4.78, 5) is 38.2. The molecule has 0 amide bonds. The third kappa shape index (κ3) is 3.29. The molecule has 4 fully saturated rings. The number of epoxide rings is 1. The van der Waals surface area contributed by atoms with Crippen molar-refractivity contribution >= 4 is 17.7 Å². The average Bonchev–Trinajstić information content (AvgIpc) is 3.50. The molecule has 6 aliphatic rings. The lowest BCUT2D eigenvalue weighted by Gasteiger charge is -2.58. The van der Waals surface area contributed by atoms with Crippen molar-refractivity contribution in [2.45, 2.75) is 90.1 Å². The SMILES string of the molecule is CC(=O)OC[C@]12C(=O)C=C[C@H](O)[C@]13O[C@@H]3C[C@H]1[C@@H]3CC[C@H]([C@H](C)[C@H]4CC(C)=C(CO)C(=O)O4)[C@@]3(C)CC[C@@H]12. The minimum Gasteiger partial charge on any atom is -0.465 e. The minimum atomic E-state index is -1.06. The largest absolute Gasteiger partial charge is 0.465 e. The number of esters is 2. The lowest BCUT2D eigenvalue weighted by molar-refractivity contribution is -0.174. The molecule has 38 heavy (non-hydrogen) atoms. The molecule has 0 aromatic heterocycles. The van der Waals surface area contributed by atoms with Gasteiger partial charge < -0.3 is 24.4 Å². The van der Waals surface area contributed by atoms with Crippen molar-refractivity contribution in [3.63, 3.8) is 0 Å². The number of cyclic esters (lactones) is 1. The van der Waals surface area contributed by atoms with E-state index in [0.717, 1.165) is 37.7 Å².